The third-order valence-corrected chi connectivity index (χ3v) is 3.52. The molecule has 0 aromatic heterocycles. The number of carboxylic acid groups (broad SMARTS) is 1. The largest absolute Gasteiger partial charge is 0.480 e. The Morgan fingerprint density at radius 2 is 2.08 bits per heavy atom. The topological polar surface area (TPSA) is 102 Å². The lowest BCUT2D eigenvalue weighted by Gasteiger charge is -2.13. The van der Waals surface area contributed by atoms with E-state index in [0.29, 0.717) is 25.0 Å². The third-order valence-electron chi connectivity index (χ3n) is 3.52. The number of carbonyl (C=O) groups is 3. The van der Waals surface area contributed by atoms with Gasteiger partial charge in [-0.25, -0.2) is 14.4 Å². The molecule has 0 unspecified atom stereocenters. The molecule has 1 aliphatic rings. The Balaban J connectivity index is 1.78. The van der Waals surface area contributed by atoms with Crippen LogP contribution in [0.4, 0.5) is 4.79 Å². The summed E-state index contributed by atoms with van der Waals surface area (Å²) < 4.78 is 9.80. The number of allylic oxidation sites excluding steroid dienone is 1. The number of rotatable bonds is 7. The molecular weight excluding hydrogens is 314 g/mol. The highest BCUT2D eigenvalue weighted by Gasteiger charge is 2.21. The summed E-state index contributed by atoms with van der Waals surface area (Å²) in [5, 5.41) is 11.5. The van der Waals surface area contributed by atoms with E-state index in [1.54, 1.807) is 18.2 Å². The zero-order chi connectivity index (χ0) is 17.4. The van der Waals surface area contributed by atoms with Crippen LogP contribution in [0.5, 0.6) is 0 Å². The van der Waals surface area contributed by atoms with Crippen LogP contribution in [0.3, 0.4) is 0 Å². The number of cyclic esters (lactones) is 1. The van der Waals surface area contributed by atoms with Crippen LogP contribution in [0.25, 0.3) is 0 Å². The molecule has 2 N–H and O–H groups in total. The van der Waals surface area contributed by atoms with Crippen molar-refractivity contribution in [2.24, 2.45) is 0 Å². The lowest BCUT2D eigenvalue weighted by molar-refractivity contribution is -0.139. The van der Waals surface area contributed by atoms with E-state index < -0.39 is 18.1 Å². The zero-order valence-corrected chi connectivity index (χ0v) is 13.1. The number of nitrogens with one attached hydrogen (secondary N) is 1. The quantitative estimate of drug-likeness (QED) is 0.585. The molecule has 128 valence electrons. The Labute approximate surface area is 139 Å². The van der Waals surface area contributed by atoms with Gasteiger partial charge in [0.1, 0.15) is 12.6 Å². The molecule has 1 aromatic rings. The molecule has 0 spiro atoms. The number of esters is 1. The molecule has 1 amide bonds. The second-order valence-corrected chi connectivity index (χ2v) is 5.29. The van der Waals surface area contributed by atoms with Crippen molar-refractivity contribution in [2.75, 3.05) is 6.61 Å². The van der Waals surface area contributed by atoms with Crippen molar-refractivity contribution in [3.63, 3.8) is 0 Å². The van der Waals surface area contributed by atoms with Crippen molar-refractivity contribution >= 4 is 18.0 Å². The summed E-state index contributed by atoms with van der Waals surface area (Å²) in [6.45, 7) is 0.423. The van der Waals surface area contributed by atoms with Crippen LogP contribution in [-0.2, 0) is 25.7 Å². The number of carboxylic acids is 1. The standard InChI is InChI=1S/C17H19NO6/c19-15(20)14(8-4-7-13-9-10-23-16(13)21)18-17(22)24-11-12-5-2-1-3-6-12/h1-3,5-7,14H,4,8-11H2,(H,18,22)(H,19,20)/b13-7+/t14-/m0/s1. The Hall–Kier alpha value is -2.83. The SMILES string of the molecule is O=C(N[C@@H](CC/C=C1\CCOC1=O)C(=O)O)OCc1ccccc1. The monoisotopic (exact) mass is 333 g/mol. The first kappa shape index (κ1) is 17.5. The minimum Gasteiger partial charge on any atom is -0.480 e. The lowest BCUT2D eigenvalue weighted by atomic mass is 10.1. The number of aliphatic carboxylic acids is 1. The Morgan fingerprint density at radius 3 is 2.71 bits per heavy atom. The van der Waals surface area contributed by atoms with Crippen LogP contribution in [0.2, 0.25) is 0 Å². The number of ether oxygens (including phenoxy) is 2. The van der Waals surface area contributed by atoms with Crippen molar-refractivity contribution in [1.29, 1.82) is 0 Å². The molecule has 0 aliphatic carbocycles. The lowest BCUT2D eigenvalue weighted by Crippen LogP contribution is -2.40. The maximum absolute atomic E-state index is 11.7. The van der Waals surface area contributed by atoms with Gasteiger partial charge in [-0.1, -0.05) is 36.4 Å². The van der Waals surface area contributed by atoms with Crippen molar-refractivity contribution in [2.45, 2.75) is 31.9 Å². The van der Waals surface area contributed by atoms with Gasteiger partial charge in [0.05, 0.1) is 6.61 Å². The Morgan fingerprint density at radius 1 is 1.33 bits per heavy atom. The minimum atomic E-state index is -1.15. The van der Waals surface area contributed by atoms with E-state index in [4.69, 9.17) is 14.6 Å². The molecule has 24 heavy (non-hydrogen) atoms. The highest BCUT2D eigenvalue weighted by atomic mass is 16.5. The first-order chi connectivity index (χ1) is 11.6. The molecular formula is C17H19NO6. The van der Waals surface area contributed by atoms with Crippen molar-refractivity contribution < 1.29 is 29.0 Å². The first-order valence-electron chi connectivity index (χ1n) is 7.62. The maximum atomic E-state index is 11.7. The molecule has 1 atom stereocenters. The molecule has 0 radical (unpaired) electrons. The molecule has 1 fully saturated rings. The van der Waals surface area contributed by atoms with Gasteiger partial charge in [0.15, 0.2) is 0 Å². The molecule has 1 aromatic carbocycles. The van der Waals surface area contributed by atoms with Crippen LogP contribution in [-0.4, -0.2) is 35.8 Å². The normalized spacial score (nSPS) is 16.5. The van der Waals surface area contributed by atoms with E-state index in [1.807, 2.05) is 18.2 Å². The second kappa shape index (κ2) is 8.71. The summed E-state index contributed by atoms with van der Waals surface area (Å²) in [7, 11) is 0. The van der Waals surface area contributed by atoms with Gasteiger partial charge in [-0.05, 0) is 18.4 Å². The number of carbonyl (C=O) groups excluding carboxylic acids is 2. The van der Waals surface area contributed by atoms with Gasteiger partial charge in [0.25, 0.3) is 0 Å². The van der Waals surface area contributed by atoms with E-state index in [9.17, 15) is 14.4 Å². The molecule has 1 saturated heterocycles. The van der Waals surface area contributed by atoms with Crippen LogP contribution in [0.15, 0.2) is 42.0 Å². The van der Waals surface area contributed by atoms with Gasteiger partial charge in [0.2, 0.25) is 0 Å². The highest BCUT2D eigenvalue weighted by molar-refractivity contribution is 5.90. The number of amides is 1. The van der Waals surface area contributed by atoms with Crippen molar-refractivity contribution in [3.05, 3.63) is 47.5 Å². The molecule has 7 nitrogen and oxygen atoms in total. The number of hydrogen-bond donors (Lipinski definition) is 2. The summed E-state index contributed by atoms with van der Waals surface area (Å²) in [4.78, 5) is 34.2. The predicted octanol–water partition coefficient (Wildman–Crippen LogP) is 2.02. The number of hydrogen-bond acceptors (Lipinski definition) is 5. The molecule has 1 aliphatic heterocycles. The van der Waals surface area contributed by atoms with Crippen molar-refractivity contribution in [1.82, 2.24) is 5.32 Å². The molecule has 1 heterocycles. The Bertz CT molecular complexity index is 625. The fourth-order valence-electron chi connectivity index (χ4n) is 2.22. The van der Waals surface area contributed by atoms with Crippen LogP contribution in [0, 0.1) is 0 Å². The van der Waals surface area contributed by atoms with Gasteiger partial charge < -0.3 is 19.9 Å². The summed E-state index contributed by atoms with van der Waals surface area (Å²) in [5.74, 6) is -1.52. The second-order valence-electron chi connectivity index (χ2n) is 5.29. The average molecular weight is 333 g/mol. The molecule has 7 heteroatoms. The number of benzene rings is 1. The van der Waals surface area contributed by atoms with E-state index in [2.05, 4.69) is 5.32 Å². The fourth-order valence-corrected chi connectivity index (χ4v) is 2.22. The van der Waals surface area contributed by atoms with E-state index >= 15 is 0 Å². The third kappa shape index (κ3) is 5.42. The smallest absolute Gasteiger partial charge is 0.408 e. The van der Waals surface area contributed by atoms with E-state index in [1.165, 1.54) is 0 Å². The molecule has 2 rings (SSSR count). The summed E-state index contributed by atoms with van der Waals surface area (Å²) in [6.07, 6.45) is 1.90. The Kier molecular flexibility index (Phi) is 6.36. The van der Waals surface area contributed by atoms with Gasteiger partial charge in [-0.3, -0.25) is 0 Å². The van der Waals surface area contributed by atoms with Crippen LogP contribution >= 0.6 is 0 Å². The molecule has 0 bridgehead atoms. The van der Waals surface area contributed by atoms with Gasteiger partial charge in [0, 0.05) is 12.0 Å². The van der Waals surface area contributed by atoms with E-state index in [0.717, 1.165) is 5.56 Å². The van der Waals surface area contributed by atoms with Crippen LogP contribution in [0.1, 0.15) is 24.8 Å². The fraction of sp³-hybridized carbons (Fsp3) is 0.353. The van der Waals surface area contributed by atoms with Crippen molar-refractivity contribution in [3.8, 4) is 0 Å². The summed E-state index contributed by atoms with van der Waals surface area (Å²) in [5.41, 5.74) is 1.36. The average Bonchev–Trinajstić information content (AvgIpc) is 2.98. The zero-order valence-electron chi connectivity index (χ0n) is 13.1. The summed E-state index contributed by atoms with van der Waals surface area (Å²) in [6, 6.07) is 8.00. The van der Waals surface area contributed by atoms with Gasteiger partial charge in [-0.15, -0.1) is 0 Å². The predicted molar refractivity (Wildman–Crippen MR) is 84.1 cm³/mol. The number of alkyl carbamates (subject to hydrolysis) is 1. The van der Waals surface area contributed by atoms with Gasteiger partial charge in [-0.2, -0.15) is 0 Å². The summed E-state index contributed by atoms with van der Waals surface area (Å²) >= 11 is 0. The minimum absolute atomic E-state index is 0.0644. The molecule has 0 saturated carbocycles. The van der Waals surface area contributed by atoms with E-state index in [-0.39, 0.29) is 19.0 Å². The first-order valence-corrected chi connectivity index (χ1v) is 7.62. The maximum Gasteiger partial charge on any atom is 0.408 e. The van der Waals surface area contributed by atoms with Gasteiger partial charge >= 0.3 is 18.0 Å². The highest BCUT2D eigenvalue weighted by Crippen LogP contribution is 2.14. The van der Waals surface area contributed by atoms with Crippen LogP contribution < -0.4 is 5.32 Å².